The van der Waals surface area contributed by atoms with Gasteiger partial charge in [0.25, 0.3) is 0 Å². The molecule has 0 saturated carbocycles. The summed E-state index contributed by atoms with van der Waals surface area (Å²) in [7, 11) is 5.27. The number of ether oxygens (including phenoxy) is 1. The van der Waals surface area contributed by atoms with E-state index in [9.17, 15) is 18.0 Å². The molecule has 1 aliphatic heterocycles. The molecule has 0 atom stereocenters. The number of alkyl halides is 3. The fraction of sp³-hybridized carbons (Fsp3) is 0.296. The lowest BCUT2D eigenvalue weighted by molar-refractivity contribution is -0.141. The van der Waals surface area contributed by atoms with Gasteiger partial charge in [-0.25, -0.2) is 14.1 Å². The first-order chi connectivity index (χ1) is 18.6. The molecule has 2 aromatic carbocycles. The van der Waals surface area contributed by atoms with Gasteiger partial charge in [0, 0.05) is 36.3 Å². The van der Waals surface area contributed by atoms with Crippen LogP contribution in [0.15, 0.2) is 54.9 Å². The van der Waals surface area contributed by atoms with Crippen LogP contribution in [0.3, 0.4) is 0 Å². The molecule has 2 aromatic heterocycles. The number of carbonyl (C=O) groups is 1. The predicted octanol–water partition coefficient (Wildman–Crippen LogP) is 4.53. The maximum absolute atomic E-state index is 15.4. The largest absolute Gasteiger partial charge is 0.497 e. The van der Waals surface area contributed by atoms with Crippen LogP contribution in [0.5, 0.6) is 5.75 Å². The van der Waals surface area contributed by atoms with E-state index in [1.165, 1.54) is 36.3 Å². The third-order valence-corrected chi connectivity index (χ3v) is 6.52. The summed E-state index contributed by atoms with van der Waals surface area (Å²) in [6.07, 6.45) is -1.55. The number of imidazole rings is 1. The van der Waals surface area contributed by atoms with E-state index in [-0.39, 0.29) is 42.1 Å². The van der Waals surface area contributed by atoms with Crippen molar-refractivity contribution in [2.75, 3.05) is 39.2 Å². The Hall–Kier alpha value is -4.19. The van der Waals surface area contributed by atoms with Gasteiger partial charge in [0.05, 0.1) is 31.6 Å². The number of benzene rings is 2. The highest BCUT2D eigenvalue weighted by atomic mass is 19.4. The second kappa shape index (κ2) is 10.2. The molecular weight excluding hydrogens is 516 g/mol. The van der Waals surface area contributed by atoms with Crippen molar-refractivity contribution in [2.24, 2.45) is 0 Å². The highest BCUT2D eigenvalue weighted by Crippen LogP contribution is 2.36. The smallest absolute Gasteiger partial charge is 0.435 e. The van der Waals surface area contributed by atoms with Crippen LogP contribution in [-0.4, -0.2) is 64.3 Å². The van der Waals surface area contributed by atoms with Crippen LogP contribution in [0, 0.1) is 5.82 Å². The van der Waals surface area contributed by atoms with Crippen molar-refractivity contribution in [1.29, 1.82) is 0 Å². The van der Waals surface area contributed by atoms with Gasteiger partial charge in [-0.2, -0.15) is 18.3 Å². The standard InChI is InChI=1S/C27H26F4N6O2/c1-34(2)16-24-32-11-13-36(24)18-6-9-22(21(28)14-18)35-12-10-20-25(23(38)15-35)37(33-26(20)27(29,30)31)17-4-7-19(39-3)8-5-17/h4-9,11,13-14H,10,12,15-16H2,1-3H3. The Labute approximate surface area is 222 Å². The Morgan fingerprint density at radius 1 is 1.08 bits per heavy atom. The van der Waals surface area contributed by atoms with Gasteiger partial charge in [-0.15, -0.1) is 0 Å². The molecule has 0 radical (unpaired) electrons. The summed E-state index contributed by atoms with van der Waals surface area (Å²) in [5.74, 6) is 0.0422. The second-order valence-corrected chi connectivity index (χ2v) is 9.47. The van der Waals surface area contributed by atoms with Crippen LogP contribution >= 0.6 is 0 Å². The quantitative estimate of drug-likeness (QED) is 0.334. The summed E-state index contributed by atoms with van der Waals surface area (Å²) >= 11 is 0. The topological polar surface area (TPSA) is 68.4 Å². The fourth-order valence-electron chi connectivity index (χ4n) is 4.76. The van der Waals surface area contributed by atoms with Crippen molar-refractivity contribution in [3.63, 3.8) is 0 Å². The van der Waals surface area contributed by atoms with Crippen LogP contribution in [-0.2, 0) is 19.1 Å². The lowest BCUT2D eigenvalue weighted by Gasteiger charge is -2.23. The molecule has 0 bridgehead atoms. The maximum Gasteiger partial charge on any atom is 0.435 e. The monoisotopic (exact) mass is 542 g/mol. The predicted molar refractivity (Wildman–Crippen MR) is 136 cm³/mol. The number of aromatic nitrogens is 4. The molecule has 39 heavy (non-hydrogen) atoms. The molecule has 0 unspecified atom stereocenters. The minimum atomic E-state index is -4.76. The molecule has 5 rings (SSSR count). The lowest BCUT2D eigenvalue weighted by atomic mass is 10.1. The zero-order valence-corrected chi connectivity index (χ0v) is 21.5. The first kappa shape index (κ1) is 26.4. The number of anilines is 1. The summed E-state index contributed by atoms with van der Waals surface area (Å²) < 4.78 is 65.2. The van der Waals surface area contributed by atoms with Gasteiger partial charge in [0.2, 0.25) is 5.78 Å². The fourth-order valence-corrected chi connectivity index (χ4v) is 4.76. The third kappa shape index (κ3) is 5.11. The summed E-state index contributed by atoms with van der Waals surface area (Å²) in [6, 6.07) is 10.8. The molecule has 0 spiro atoms. The molecule has 0 aliphatic carbocycles. The zero-order chi connectivity index (χ0) is 27.9. The maximum atomic E-state index is 15.4. The van der Waals surface area contributed by atoms with E-state index >= 15 is 4.39 Å². The number of halogens is 4. The number of fused-ring (bicyclic) bond motifs is 1. The number of ketones is 1. The Morgan fingerprint density at radius 2 is 1.79 bits per heavy atom. The van der Waals surface area contributed by atoms with Gasteiger partial charge in [-0.1, -0.05) is 0 Å². The van der Waals surface area contributed by atoms with E-state index < -0.39 is 23.5 Å². The average Bonchev–Trinajstić information content (AvgIpc) is 3.47. The normalized spacial score (nSPS) is 14.1. The molecule has 4 aromatic rings. The van der Waals surface area contributed by atoms with Crippen molar-refractivity contribution >= 4 is 11.5 Å². The molecule has 204 valence electrons. The lowest BCUT2D eigenvalue weighted by Crippen LogP contribution is -2.31. The van der Waals surface area contributed by atoms with Crippen molar-refractivity contribution in [2.45, 2.75) is 19.1 Å². The Morgan fingerprint density at radius 3 is 2.44 bits per heavy atom. The van der Waals surface area contributed by atoms with Gasteiger partial charge >= 0.3 is 6.18 Å². The van der Waals surface area contributed by atoms with Gasteiger partial charge in [0.1, 0.15) is 23.1 Å². The molecule has 3 heterocycles. The highest BCUT2D eigenvalue weighted by molar-refractivity contribution is 6.00. The van der Waals surface area contributed by atoms with Crippen LogP contribution < -0.4 is 9.64 Å². The number of nitrogens with zero attached hydrogens (tertiary/aromatic N) is 6. The molecule has 12 heteroatoms. The van der Waals surface area contributed by atoms with E-state index in [2.05, 4.69) is 10.1 Å². The van der Waals surface area contributed by atoms with Crippen LogP contribution in [0.25, 0.3) is 11.4 Å². The SMILES string of the molecule is COc1ccc(-n2nc(C(F)(F)F)c3c2C(=O)CN(c2ccc(-n4ccnc4CN(C)C)cc2F)CC3)cc1. The summed E-state index contributed by atoms with van der Waals surface area (Å²) in [4.78, 5) is 21.2. The van der Waals surface area contributed by atoms with Crippen LogP contribution in [0.4, 0.5) is 23.2 Å². The Kier molecular flexibility index (Phi) is 6.89. The van der Waals surface area contributed by atoms with E-state index in [1.807, 2.05) is 19.0 Å². The Balaban J connectivity index is 1.49. The number of rotatable bonds is 6. The second-order valence-electron chi connectivity index (χ2n) is 9.47. The number of hydrogen-bond donors (Lipinski definition) is 0. The summed E-state index contributed by atoms with van der Waals surface area (Å²) in [6.45, 7) is 0.241. The van der Waals surface area contributed by atoms with Crippen molar-refractivity contribution in [3.8, 4) is 17.1 Å². The van der Waals surface area contributed by atoms with Crippen molar-refractivity contribution in [1.82, 2.24) is 24.2 Å². The van der Waals surface area contributed by atoms with E-state index in [0.29, 0.717) is 18.0 Å². The van der Waals surface area contributed by atoms with Crippen LogP contribution in [0.2, 0.25) is 0 Å². The van der Waals surface area contributed by atoms with Gasteiger partial charge in [0.15, 0.2) is 5.69 Å². The third-order valence-electron chi connectivity index (χ3n) is 6.52. The van der Waals surface area contributed by atoms with Gasteiger partial charge in [-0.05, 0) is 56.9 Å². The average molecular weight is 543 g/mol. The molecule has 0 N–H and O–H groups in total. The highest BCUT2D eigenvalue weighted by Gasteiger charge is 2.42. The number of carbonyl (C=O) groups excluding carboxylic acids is 1. The van der Waals surface area contributed by atoms with E-state index in [0.717, 1.165) is 10.5 Å². The first-order valence-corrected chi connectivity index (χ1v) is 12.2. The first-order valence-electron chi connectivity index (χ1n) is 12.2. The number of methoxy groups -OCH3 is 1. The minimum absolute atomic E-state index is 0.00332. The zero-order valence-electron chi connectivity index (χ0n) is 21.5. The molecule has 0 saturated heterocycles. The summed E-state index contributed by atoms with van der Waals surface area (Å²) in [5, 5.41) is 3.79. The molecule has 1 aliphatic rings. The van der Waals surface area contributed by atoms with Crippen molar-refractivity contribution in [3.05, 3.63) is 83.5 Å². The molecule has 0 amide bonds. The van der Waals surface area contributed by atoms with E-state index in [1.54, 1.807) is 35.2 Å². The molecular formula is C27H26F4N6O2. The van der Waals surface area contributed by atoms with E-state index in [4.69, 9.17) is 4.74 Å². The summed E-state index contributed by atoms with van der Waals surface area (Å²) in [5.41, 5.74) is -0.511. The molecule has 0 fully saturated rings. The Bertz CT molecular complexity index is 1510. The van der Waals surface area contributed by atoms with Crippen LogP contribution in [0.1, 0.15) is 27.6 Å². The molecule has 8 nitrogen and oxygen atoms in total. The minimum Gasteiger partial charge on any atom is -0.497 e. The number of hydrogen-bond acceptors (Lipinski definition) is 6. The van der Waals surface area contributed by atoms with Crippen molar-refractivity contribution < 1.29 is 27.1 Å². The van der Waals surface area contributed by atoms with Gasteiger partial charge in [-0.3, -0.25) is 4.79 Å². The van der Waals surface area contributed by atoms with Gasteiger partial charge < -0.3 is 19.1 Å². The number of Topliss-reactive ketones (excluding diaryl/α,β-unsaturated/α-hetero) is 1.